The fourth-order valence-electron chi connectivity index (χ4n) is 4.38. The van der Waals surface area contributed by atoms with E-state index in [0.29, 0.717) is 29.7 Å². The van der Waals surface area contributed by atoms with E-state index in [9.17, 15) is 13.2 Å². The van der Waals surface area contributed by atoms with Crippen molar-refractivity contribution in [1.29, 1.82) is 0 Å². The molecule has 4 rings (SSSR count). The van der Waals surface area contributed by atoms with Crippen LogP contribution in [0.1, 0.15) is 48.8 Å². The van der Waals surface area contributed by atoms with Gasteiger partial charge in [-0.1, -0.05) is 32.0 Å². The van der Waals surface area contributed by atoms with Crippen LogP contribution in [0.5, 0.6) is 0 Å². The number of hydrogen-bond donors (Lipinski definition) is 1. The van der Waals surface area contributed by atoms with Gasteiger partial charge in [0.1, 0.15) is 0 Å². The van der Waals surface area contributed by atoms with E-state index in [4.69, 9.17) is 0 Å². The molecule has 0 atom stereocenters. The lowest BCUT2D eigenvalue weighted by atomic mass is 9.76. The van der Waals surface area contributed by atoms with Crippen molar-refractivity contribution in [3.63, 3.8) is 0 Å². The molecule has 1 heterocycles. The maximum Gasteiger partial charge on any atom is 0.264 e. The number of sulfonamides is 1. The Labute approximate surface area is 171 Å². The monoisotopic (exact) mass is 410 g/mol. The minimum Gasteiger partial charge on any atom is -0.358 e. The van der Waals surface area contributed by atoms with E-state index in [1.54, 1.807) is 25.1 Å². The number of aryl methyl sites for hydroxylation is 1. The van der Waals surface area contributed by atoms with Gasteiger partial charge in [0.15, 0.2) is 5.78 Å². The van der Waals surface area contributed by atoms with Crippen LogP contribution in [0, 0.1) is 12.3 Å². The van der Waals surface area contributed by atoms with E-state index in [1.165, 1.54) is 4.31 Å². The number of fused-ring (bicyclic) bond motifs is 3. The second kappa shape index (κ2) is 6.73. The second-order valence-electron chi connectivity index (χ2n) is 8.59. The highest BCUT2D eigenvalue weighted by atomic mass is 32.2. The third-order valence-electron chi connectivity index (χ3n) is 5.64. The lowest BCUT2D eigenvalue weighted by Gasteiger charge is -2.28. The molecule has 1 N–H and O–H groups in total. The van der Waals surface area contributed by atoms with Crippen LogP contribution in [0.2, 0.25) is 0 Å². The number of nitrogens with one attached hydrogen (secondary N) is 1. The first kappa shape index (κ1) is 19.7. The van der Waals surface area contributed by atoms with Crippen molar-refractivity contribution in [3.05, 3.63) is 59.3 Å². The average Bonchev–Trinajstić information content (AvgIpc) is 2.98. The van der Waals surface area contributed by atoms with Crippen LogP contribution in [-0.4, -0.2) is 25.7 Å². The number of carbonyl (C=O) groups excluding carboxylic acids is 1. The third kappa shape index (κ3) is 3.25. The second-order valence-corrected chi connectivity index (χ2v) is 10.4. The first-order chi connectivity index (χ1) is 13.6. The number of anilines is 1. The van der Waals surface area contributed by atoms with Gasteiger partial charge in [0.25, 0.3) is 10.0 Å². The van der Waals surface area contributed by atoms with Gasteiger partial charge in [-0.3, -0.25) is 9.10 Å². The fraction of sp³-hybridized carbons (Fsp3) is 0.348. The number of hydrogen-bond acceptors (Lipinski definition) is 3. The molecule has 0 saturated carbocycles. The van der Waals surface area contributed by atoms with E-state index >= 15 is 0 Å². The number of para-hydroxylation sites is 1. The third-order valence-corrected chi connectivity index (χ3v) is 7.69. The molecule has 6 heteroatoms. The molecule has 0 saturated heterocycles. The number of H-pyrrole nitrogens is 1. The Morgan fingerprint density at radius 1 is 1.10 bits per heavy atom. The largest absolute Gasteiger partial charge is 0.358 e. The smallest absolute Gasteiger partial charge is 0.264 e. The van der Waals surface area contributed by atoms with Crippen molar-refractivity contribution in [1.82, 2.24) is 4.98 Å². The van der Waals surface area contributed by atoms with E-state index in [0.717, 1.165) is 23.1 Å². The van der Waals surface area contributed by atoms with Crippen LogP contribution >= 0.6 is 0 Å². The van der Waals surface area contributed by atoms with Crippen molar-refractivity contribution >= 4 is 32.4 Å². The summed E-state index contributed by atoms with van der Waals surface area (Å²) in [6, 6.07) is 12.6. The van der Waals surface area contributed by atoms with Gasteiger partial charge in [0.05, 0.1) is 10.6 Å². The van der Waals surface area contributed by atoms with Crippen LogP contribution in [0.15, 0.2) is 47.4 Å². The molecule has 0 spiro atoms. The van der Waals surface area contributed by atoms with E-state index in [2.05, 4.69) is 18.8 Å². The van der Waals surface area contributed by atoms with Crippen molar-refractivity contribution in [2.75, 3.05) is 10.8 Å². The molecular weight excluding hydrogens is 384 g/mol. The molecule has 0 aliphatic heterocycles. The summed E-state index contributed by atoms with van der Waals surface area (Å²) < 4.78 is 28.4. The summed E-state index contributed by atoms with van der Waals surface area (Å²) in [6.07, 6.45) is 1.28. The van der Waals surface area contributed by atoms with Gasteiger partial charge in [-0.05, 0) is 55.5 Å². The highest BCUT2D eigenvalue weighted by Gasteiger charge is 2.34. The van der Waals surface area contributed by atoms with Gasteiger partial charge in [0.2, 0.25) is 0 Å². The Balaban J connectivity index is 1.87. The minimum absolute atomic E-state index is 0.0960. The number of Topliss-reactive ketones (excluding diaryl/α,β-unsaturated/α-hetero) is 1. The maximum atomic E-state index is 13.5. The molecule has 0 bridgehead atoms. The standard InChI is InChI=1S/C23H26N2O3S/c1-5-25(16-9-7-6-8-10-16)29(27,28)21-12-18-17(11-15(21)2)22-19(24-18)13-23(3,4)14-20(22)26/h6-12,24H,5,13-14H2,1-4H3. The molecule has 5 nitrogen and oxygen atoms in total. The van der Waals surface area contributed by atoms with Gasteiger partial charge >= 0.3 is 0 Å². The lowest BCUT2D eigenvalue weighted by molar-refractivity contribution is 0.0913. The highest BCUT2D eigenvalue weighted by molar-refractivity contribution is 7.92. The van der Waals surface area contributed by atoms with Crippen molar-refractivity contribution in [3.8, 4) is 0 Å². The number of aromatic nitrogens is 1. The van der Waals surface area contributed by atoms with Crippen molar-refractivity contribution in [2.24, 2.45) is 5.41 Å². The zero-order chi connectivity index (χ0) is 21.0. The van der Waals surface area contributed by atoms with Gasteiger partial charge < -0.3 is 4.98 Å². The minimum atomic E-state index is -3.74. The fourth-order valence-corrected chi connectivity index (χ4v) is 6.09. The van der Waals surface area contributed by atoms with E-state index < -0.39 is 10.0 Å². The molecule has 0 fully saturated rings. The lowest BCUT2D eigenvalue weighted by Crippen LogP contribution is -2.31. The van der Waals surface area contributed by atoms with Crippen LogP contribution in [0.3, 0.4) is 0 Å². The first-order valence-corrected chi connectivity index (χ1v) is 11.3. The van der Waals surface area contributed by atoms with Crippen LogP contribution in [0.4, 0.5) is 5.69 Å². The number of nitrogens with zero attached hydrogens (tertiary/aromatic N) is 1. The molecule has 3 aromatic rings. The Hall–Kier alpha value is -2.60. The van der Waals surface area contributed by atoms with Crippen LogP contribution < -0.4 is 4.31 Å². The normalized spacial score (nSPS) is 16.1. The predicted molar refractivity (Wildman–Crippen MR) is 116 cm³/mol. The molecule has 0 unspecified atom stereocenters. The Kier molecular flexibility index (Phi) is 4.57. The molecule has 0 amide bonds. The zero-order valence-corrected chi connectivity index (χ0v) is 18.1. The number of aromatic amines is 1. The van der Waals surface area contributed by atoms with Gasteiger partial charge in [0, 0.05) is 35.1 Å². The van der Waals surface area contributed by atoms with Crippen molar-refractivity contribution in [2.45, 2.75) is 45.4 Å². The number of benzene rings is 2. The first-order valence-electron chi connectivity index (χ1n) is 9.90. The average molecular weight is 411 g/mol. The Morgan fingerprint density at radius 3 is 2.45 bits per heavy atom. The van der Waals surface area contributed by atoms with Crippen LogP contribution in [0.25, 0.3) is 10.9 Å². The summed E-state index contributed by atoms with van der Waals surface area (Å²) in [5, 5.41) is 0.819. The summed E-state index contributed by atoms with van der Waals surface area (Å²) in [4.78, 5) is 16.4. The summed E-state index contributed by atoms with van der Waals surface area (Å²) in [5.41, 5.74) is 3.52. The van der Waals surface area contributed by atoms with Gasteiger partial charge in [-0.2, -0.15) is 0 Å². The topological polar surface area (TPSA) is 70.2 Å². The number of carbonyl (C=O) groups is 1. The molecular formula is C23H26N2O3S. The number of rotatable bonds is 4. The van der Waals surface area contributed by atoms with Gasteiger partial charge in [-0.15, -0.1) is 0 Å². The summed E-state index contributed by atoms with van der Waals surface area (Å²) >= 11 is 0. The number of ketones is 1. The zero-order valence-electron chi connectivity index (χ0n) is 17.2. The Morgan fingerprint density at radius 2 is 1.79 bits per heavy atom. The summed E-state index contributed by atoms with van der Waals surface area (Å²) in [6.45, 7) is 8.12. The van der Waals surface area contributed by atoms with Gasteiger partial charge in [-0.25, -0.2) is 8.42 Å². The van der Waals surface area contributed by atoms with Crippen molar-refractivity contribution < 1.29 is 13.2 Å². The SMILES string of the molecule is CCN(c1ccccc1)S(=O)(=O)c1cc2[nH]c3c(c2cc1C)C(=O)CC(C)(C)C3. The summed E-state index contributed by atoms with van der Waals surface area (Å²) in [5.74, 6) is 0.122. The molecule has 29 heavy (non-hydrogen) atoms. The predicted octanol–water partition coefficient (Wildman–Crippen LogP) is 4.85. The quantitative estimate of drug-likeness (QED) is 0.669. The molecule has 2 aromatic carbocycles. The Bertz CT molecular complexity index is 1210. The highest BCUT2D eigenvalue weighted by Crippen LogP contribution is 2.39. The molecule has 0 radical (unpaired) electrons. The van der Waals surface area contributed by atoms with Crippen LogP contribution in [-0.2, 0) is 16.4 Å². The van der Waals surface area contributed by atoms with E-state index in [-0.39, 0.29) is 16.1 Å². The van der Waals surface area contributed by atoms with E-state index in [1.807, 2.05) is 31.2 Å². The summed E-state index contributed by atoms with van der Waals surface area (Å²) in [7, 11) is -3.74. The molecule has 1 aliphatic carbocycles. The molecule has 1 aliphatic rings. The molecule has 1 aromatic heterocycles. The molecule has 152 valence electrons. The maximum absolute atomic E-state index is 13.5.